The van der Waals surface area contributed by atoms with E-state index in [0.29, 0.717) is 41.1 Å². The van der Waals surface area contributed by atoms with Gasteiger partial charge in [-0.2, -0.15) is 13.2 Å². The minimum absolute atomic E-state index is 0.00500. The Bertz CT molecular complexity index is 1610. The number of halogens is 4. The van der Waals surface area contributed by atoms with E-state index in [0.717, 1.165) is 0 Å². The summed E-state index contributed by atoms with van der Waals surface area (Å²) < 4.78 is 56.5. The van der Waals surface area contributed by atoms with E-state index in [9.17, 15) is 22.4 Å². The van der Waals surface area contributed by atoms with Crippen LogP contribution in [0.15, 0.2) is 41.7 Å². The van der Waals surface area contributed by atoms with E-state index in [1.165, 1.54) is 17.6 Å². The fourth-order valence-corrected chi connectivity index (χ4v) is 5.28. The molecule has 0 spiro atoms. The lowest BCUT2D eigenvalue weighted by Gasteiger charge is -2.33. The maximum Gasteiger partial charge on any atom is 0.447 e. The van der Waals surface area contributed by atoms with Gasteiger partial charge >= 0.3 is 5.51 Å². The van der Waals surface area contributed by atoms with E-state index in [-0.39, 0.29) is 47.1 Å². The Labute approximate surface area is 231 Å². The molecule has 4 aromatic heterocycles. The van der Waals surface area contributed by atoms with Crippen LogP contribution in [-0.2, 0) is 0 Å². The van der Waals surface area contributed by atoms with Gasteiger partial charge < -0.3 is 25.8 Å². The quantitative estimate of drug-likeness (QED) is 0.156. The third kappa shape index (κ3) is 5.80. The van der Waals surface area contributed by atoms with Crippen LogP contribution in [0.1, 0.15) is 22.5 Å². The van der Waals surface area contributed by atoms with Crippen molar-refractivity contribution in [2.45, 2.75) is 29.2 Å². The molecule has 0 aromatic carbocycles. The third-order valence-electron chi connectivity index (χ3n) is 6.47. The van der Waals surface area contributed by atoms with Crippen LogP contribution in [0.2, 0.25) is 0 Å². The Morgan fingerprint density at radius 1 is 1.30 bits per heavy atom. The molecule has 0 aliphatic carbocycles. The van der Waals surface area contributed by atoms with Gasteiger partial charge in [-0.3, -0.25) is 14.2 Å². The molecule has 0 radical (unpaired) electrons. The molecule has 0 saturated carbocycles. The molecule has 1 amide bonds. The number of pyridine rings is 2. The summed E-state index contributed by atoms with van der Waals surface area (Å²) in [6.45, 7) is 0.968. The summed E-state index contributed by atoms with van der Waals surface area (Å²) in [6.07, 6.45) is 2.45. The first kappa shape index (κ1) is 27.6. The second-order valence-electron chi connectivity index (χ2n) is 9.26. The van der Waals surface area contributed by atoms with Crippen LogP contribution in [0.25, 0.3) is 16.7 Å². The molecular weight excluding hydrogens is 548 g/mol. The first-order chi connectivity index (χ1) is 19.1. The Hall–Kier alpha value is -3.96. The molecule has 4 N–H and O–H groups in total. The smallest absolute Gasteiger partial charge is 0.376 e. The van der Waals surface area contributed by atoms with Gasteiger partial charge in [-0.1, -0.05) is 5.92 Å². The lowest BCUT2D eigenvalue weighted by Crippen LogP contribution is -2.46. The normalized spacial score (nSPS) is 17.9. The third-order valence-corrected chi connectivity index (χ3v) is 7.29. The van der Waals surface area contributed by atoms with Crippen molar-refractivity contribution in [3.8, 4) is 11.8 Å². The highest BCUT2D eigenvalue weighted by molar-refractivity contribution is 8.00. The zero-order valence-corrected chi connectivity index (χ0v) is 22.4. The largest absolute Gasteiger partial charge is 0.447 e. The minimum Gasteiger partial charge on any atom is -0.376 e. The number of likely N-dealkylation sites (tertiary alicyclic amines) is 1. The van der Waals surface area contributed by atoms with Crippen molar-refractivity contribution in [1.82, 2.24) is 29.6 Å². The van der Waals surface area contributed by atoms with Crippen molar-refractivity contribution in [1.29, 1.82) is 0 Å². The highest BCUT2D eigenvalue weighted by Gasteiger charge is 2.34. The summed E-state index contributed by atoms with van der Waals surface area (Å²) >= 11 is -0.312. The number of thioether (sulfide) groups is 1. The average molecular weight is 575 g/mol. The molecule has 9 nitrogen and oxygen atoms in total. The second kappa shape index (κ2) is 11.3. The zero-order valence-electron chi connectivity index (χ0n) is 21.6. The molecule has 14 heteroatoms. The van der Waals surface area contributed by atoms with Gasteiger partial charge in [-0.05, 0) is 43.7 Å². The molecule has 0 unspecified atom stereocenters. The summed E-state index contributed by atoms with van der Waals surface area (Å²) in [5.41, 5.74) is -2.58. The minimum atomic E-state index is -4.58. The number of imidazole rings is 1. The van der Waals surface area contributed by atoms with Crippen molar-refractivity contribution in [3.05, 3.63) is 47.9 Å². The number of rotatable bonds is 6. The predicted molar refractivity (Wildman–Crippen MR) is 146 cm³/mol. The number of nitrogens with zero attached hydrogens (tertiary/aromatic N) is 4. The Kier molecular flexibility index (Phi) is 7.77. The van der Waals surface area contributed by atoms with Gasteiger partial charge in [0.25, 0.3) is 5.91 Å². The number of hydrogen-bond acceptors (Lipinski definition) is 7. The number of carbonyl (C=O) groups is 1. The van der Waals surface area contributed by atoms with Gasteiger partial charge in [0.1, 0.15) is 33.8 Å². The number of carbonyl (C=O) groups excluding carboxylic acids is 1. The van der Waals surface area contributed by atoms with Crippen molar-refractivity contribution in [2.75, 3.05) is 44.4 Å². The van der Waals surface area contributed by atoms with Crippen LogP contribution in [-0.4, -0.2) is 81.6 Å². The number of anilines is 2. The van der Waals surface area contributed by atoms with Gasteiger partial charge in [-0.15, -0.1) is 0 Å². The number of H-pyrrole nitrogens is 1. The SMILES string of the molecule is CNC(=O)c1c(NCC#Cc2nc3c(N[C@@H]4CCN(C)C[C@@H]4F)cccn3c2SC(F)(F)F)[nH]c2cccnc12. The van der Waals surface area contributed by atoms with Crippen LogP contribution >= 0.6 is 11.8 Å². The molecule has 1 aliphatic heterocycles. The number of fused-ring (bicyclic) bond motifs is 2. The maximum absolute atomic E-state index is 14.7. The van der Waals surface area contributed by atoms with Gasteiger partial charge in [0.2, 0.25) is 0 Å². The highest BCUT2D eigenvalue weighted by atomic mass is 32.2. The Morgan fingerprint density at radius 3 is 2.88 bits per heavy atom. The number of alkyl halides is 4. The summed E-state index contributed by atoms with van der Waals surface area (Å²) in [4.78, 5) is 26.1. The van der Waals surface area contributed by atoms with E-state index in [4.69, 9.17) is 0 Å². The van der Waals surface area contributed by atoms with E-state index >= 15 is 0 Å². The first-order valence-corrected chi connectivity index (χ1v) is 13.2. The van der Waals surface area contributed by atoms with E-state index in [1.807, 2.05) is 11.9 Å². The van der Waals surface area contributed by atoms with Crippen molar-refractivity contribution < 1.29 is 22.4 Å². The van der Waals surface area contributed by atoms with Crippen molar-refractivity contribution >= 4 is 45.9 Å². The van der Waals surface area contributed by atoms with Crippen molar-refractivity contribution in [2.24, 2.45) is 0 Å². The van der Waals surface area contributed by atoms with E-state index in [1.54, 1.807) is 30.5 Å². The predicted octanol–water partition coefficient (Wildman–Crippen LogP) is 4.10. The number of piperidine rings is 1. The fraction of sp³-hybridized carbons (Fsp3) is 0.346. The topological polar surface area (TPSA) is 102 Å². The molecule has 0 bridgehead atoms. The molecule has 2 atom stereocenters. The standard InChI is InChI=1S/C26H26F4N8OS/c1-31-24(39)20-21-17(6-3-10-32-21)35-22(20)33-11-4-7-19-25(40-26(28,29)30)38-12-5-8-18(23(38)36-19)34-16-9-13-37(2)14-15(16)27/h3,5-6,8,10,12,15-16,33-35H,9,11,13-14H2,1-2H3,(H,31,39)/t15-,16+/m0/s1. The maximum atomic E-state index is 14.7. The van der Waals surface area contributed by atoms with Crippen LogP contribution in [0.3, 0.4) is 0 Å². The van der Waals surface area contributed by atoms with Gasteiger partial charge in [0.15, 0.2) is 5.65 Å². The van der Waals surface area contributed by atoms with Crippen LogP contribution in [0.4, 0.5) is 29.1 Å². The summed E-state index contributed by atoms with van der Waals surface area (Å²) in [6, 6.07) is 6.26. The highest BCUT2D eigenvalue weighted by Crippen LogP contribution is 2.39. The van der Waals surface area contributed by atoms with E-state index < -0.39 is 17.7 Å². The summed E-state index contributed by atoms with van der Waals surface area (Å²) in [5, 5.41) is 8.53. The Balaban J connectivity index is 1.44. The molecule has 210 valence electrons. The molecule has 40 heavy (non-hydrogen) atoms. The lowest BCUT2D eigenvalue weighted by atomic mass is 10.0. The van der Waals surface area contributed by atoms with Gasteiger partial charge in [0, 0.05) is 44.3 Å². The molecule has 1 fully saturated rings. The second-order valence-corrected chi connectivity index (χ2v) is 10.3. The number of aromatic nitrogens is 4. The lowest BCUT2D eigenvalue weighted by molar-refractivity contribution is -0.0330. The average Bonchev–Trinajstić information content (AvgIpc) is 3.45. The summed E-state index contributed by atoms with van der Waals surface area (Å²) in [7, 11) is 3.34. The van der Waals surface area contributed by atoms with Crippen LogP contribution in [0.5, 0.6) is 0 Å². The van der Waals surface area contributed by atoms with Gasteiger partial charge in [-0.25, -0.2) is 9.37 Å². The summed E-state index contributed by atoms with van der Waals surface area (Å²) in [5.74, 6) is 5.56. The number of aromatic amines is 1. The van der Waals surface area contributed by atoms with E-state index in [2.05, 4.69) is 42.7 Å². The Morgan fingerprint density at radius 2 is 2.12 bits per heavy atom. The van der Waals surface area contributed by atoms with Crippen LogP contribution < -0.4 is 16.0 Å². The molecule has 4 aromatic rings. The zero-order chi connectivity index (χ0) is 28.4. The molecule has 1 saturated heterocycles. The molecule has 5 rings (SSSR count). The molecule has 1 aliphatic rings. The first-order valence-electron chi connectivity index (χ1n) is 12.4. The van der Waals surface area contributed by atoms with Gasteiger partial charge in [0.05, 0.1) is 23.8 Å². The molecular formula is C26H26F4N8OS. The number of amides is 1. The van der Waals surface area contributed by atoms with Crippen molar-refractivity contribution in [3.63, 3.8) is 0 Å². The molecule has 5 heterocycles. The van der Waals surface area contributed by atoms with Crippen LogP contribution in [0, 0.1) is 11.8 Å². The number of hydrogen-bond donors (Lipinski definition) is 4. The fourth-order valence-electron chi connectivity index (χ4n) is 4.63. The number of nitrogens with one attached hydrogen (secondary N) is 4. The monoisotopic (exact) mass is 574 g/mol.